The van der Waals surface area contributed by atoms with Gasteiger partial charge < -0.3 is 5.11 Å². The number of aliphatic hydroxyl groups excluding tert-OH is 1. The van der Waals surface area contributed by atoms with Gasteiger partial charge in [-0.05, 0) is 50.9 Å². The van der Waals surface area contributed by atoms with Crippen LogP contribution in [0.4, 0.5) is 0 Å². The van der Waals surface area contributed by atoms with Gasteiger partial charge >= 0.3 is 0 Å². The molecule has 0 unspecified atom stereocenters. The summed E-state index contributed by atoms with van der Waals surface area (Å²) in [6.07, 6.45) is 2.20. The average Bonchev–Trinajstić information content (AvgIpc) is 2.42. The highest BCUT2D eigenvalue weighted by Crippen LogP contribution is 2.15. The summed E-state index contributed by atoms with van der Waals surface area (Å²) in [5.41, 5.74) is 2.36. The second kappa shape index (κ2) is 6.58. The molecule has 2 nitrogen and oxygen atoms in total. The van der Waals surface area contributed by atoms with Crippen LogP contribution in [0.25, 0.3) is 0 Å². The van der Waals surface area contributed by atoms with E-state index in [-0.39, 0.29) is 0 Å². The minimum Gasteiger partial charge on any atom is -0.396 e. The molecule has 96 valence electrons. The summed E-state index contributed by atoms with van der Waals surface area (Å²) >= 11 is 0. The number of likely N-dealkylation sites (tertiary alicyclic amines) is 1. The van der Waals surface area contributed by atoms with Crippen molar-refractivity contribution < 1.29 is 5.11 Å². The number of rotatable bonds is 2. The average molecular weight is 243 g/mol. The number of aryl methyl sites for hydroxylation is 1. The van der Waals surface area contributed by atoms with Crippen LogP contribution in [-0.4, -0.2) is 36.2 Å². The van der Waals surface area contributed by atoms with Crippen LogP contribution >= 0.6 is 0 Å². The first kappa shape index (κ1) is 13.1. The summed E-state index contributed by atoms with van der Waals surface area (Å²) in [6.45, 7) is 5.39. The third-order valence-electron chi connectivity index (χ3n) is 3.55. The van der Waals surface area contributed by atoms with Crippen LogP contribution < -0.4 is 0 Å². The lowest BCUT2D eigenvalue weighted by Gasteiger charge is -2.29. The molecule has 1 heterocycles. The first-order valence-corrected chi connectivity index (χ1v) is 6.66. The maximum absolute atomic E-state index is 9.08. The van der Waals surface area contributed by atoms with E-state index in [4.69, 9.17) is 5.11 Å². The van der Waals surface area contributed by atoms with E-state index in [0.29, 0.717) is 12.5 Å². The molecular weight excluding hydrogens is 222 g/mol. The molecule has 0 spiro atoms. The highest BCUT2D eigenvalue weighted by atomic mass is 16.3. The summed E-state index contributed by atoms with van der Waals surface area (Å²) in [5.74, 6) is 6.95. The third kappa shape index (κ3) is 3.87. The SMILES string of the molecule is Cc1ccc(C#CCN2CCC(CO)CC2)cc1. The van der Waals surface area contributed by atoms with Crippen LogP contribution in [0.15, 0.2) is 24.3 Å². The van der Waals surface area contributed by atoms with Crippen molar-refractivity contribution in [2.45, 2.75) is 19.8 Å². The normalized spacial score (nSPS) is 17.2. The summed E-state index contributed by atoms with van der Waals surface area (Å²) in [5, 5.41) is 9.08. The zero-order chi connectivity index (χ0) is 12.8. The van der Waals surface area contributed by atoms with Gasteiger partial charge in [0.1, 0.15) is 0 Å². The Morgan fingerprint density at radius 1 is 1.22 bits per heavy atom. The maximum Gasteiger partial charge on any atom is 0.0605 e. The molecule has 1 fully saturated rings. The quantitative estimate of drug-likeness (QED) is 0.804. The molecule has 0 atom stereocenters. The van der Waals surface area contributed by atoms with Gasteiger partial charge in [0.25, 0.3) is 0 Å². The number of aliphatic hydroxyl groups is 1. The van der Waals surface area contributed by atoms with E-state index >= 15 is 0 Å². The number of benzene rings is 1. The molecule has 0 aromatic heterocycles. The van der Waals surface area contributed by atoms with Gasteiger partial charge in [-0.2, -0.15) is 0 Å². The zero-order valence-corrected chi connectivity index (χ0v) is 11.0. The predicted octanol–water partition coefficient (Wildman–Crippen LogP) is 2.05. The van der Waals surface area contributed by atoms with Crippen LogP contribution in [-0.2, 0) is 0 Å². The standard InChI is InChI=1S/C16H21NO/c1-14-4-6-15(7-5-14)3-2-10-17-11-8-16(13-18)9-12-17/h4-7,16,18H,8-13H2,1H3. The van der Waals surface area contributed by atoms with E-state index in [2.05, 4.69) is 47.9 Å². The van der Waals surface area contributed by atoms with Gasteiger partial charge in [-0.15, -0.1) is 0 Å². The fraction of sp³-hybridized carbons (Fsp3) is 0.500. The summed E-state index contributed by atoms with van der Waals surface area (Å²) in [7, 11) is 0. The summed E-state index contributed by atoms with van der Waals surface area (Å²) in [4.78, 5) is 2.37. The number of nitrogens with zero attached hydrogens (tertiary/aromatic N) is 1. The predicted molar refractivity (Wildman–Crippen MR) is 74.3 cm³/mol. The van der Waals surface area contributed by atoms with Gasteiger partial charge in [0.2, 0.25) is 0 Å². The van der Waals surface area contributed by atoms with E-state index in [1.807, 2.05) is 0 Å². The Balaban J connectivity index is 1.80. The van der Waals surface area contributed by atoms with Gasteiger partial charge in [0.15, 0.2) is 0 Å². The van der Waals surface area contributed by atoms with E-state index < -0.39 is 0 Å². The van der Waals surface area contributed by atoms with Crippen molar-refractivity contribution in [3.05, 3.63) is 35.4 Å². The number of piperidine rings is 1. The molecule has 0 amide bonds. The Morgan fingerprint density at radius 3 is 2.50 bits per heavy atom. The second-order valence-corrected chi connectivity index (χ2v) is 5.07. The molecule has 2 rings (SSSR count). The molecule has 0 saturated carbocycles. The van der Waals surface area contributed by atoms with Crippen molar-refractivity contribution in [3.63, 3.8) is 0 Å². The van der Waals surface area contributed by atoms with Crippen LogP contribution in [0.2, 0.25) is 0 Å². The molecule has 18 heavy (non-hydrogen) atoms. The molecule has 0 bridgehead atoms. The minimum atomic E-state index is 0.336. The second-order valence-electron chi connectivity index (χ2n) is 5.07. The van der Waals surface area contributed by atoms with E-state index in [0.717, 1.165) is 38.0 Å². The third-order valence-corrected chi connectivity index (χ3v) is 3.55. The lowest BCUT2D eigenvalue weighted by molar-refractivity contribution is 0.140. The van der Waals surface area contributed by atoms with Crippen molar-refractivity contribution in [1.29, 1.82) is 0 Å². The van der Waals surface area contributed by atoms with Gasteiger partial charge in [-0.1, -0.05) is 29.5 Å². The molecule has 0 radical (unpaired) electrons. The fourth-order valence-electron chi connectivity index (χ4n) is 2.22. The zero-order valence-electron chi connectivity index (χ0n) is 11.0. The molecular formula is C16H21NO. The lowest BCUT2D eigenvalue weighted by atomic mass is 9.98. The van der Waals surface area contributed by atoms with Gasteiger partial charge in [-0.25, -0.2) is 0 Å². The first-order chi connectivity index (χ1) is 8.78. The van der Waals surface area contributed by atoms with Gasteiger partial charge in [-0.3, -0.25) is 4.90 Å². The maximum atomic E-state index is 9.08. The van der Waals surface area contributed by atoms with E-state index in [1.165, 1.54) is 5.56 Å². The smallest absolute Gasteiger partial charge is 0.0605 e. The Bertz CT molecular complexity index is 419. The van der Waals surface area contributed by atoms with Crippen molar-refractivity contribution in [1.82, 2.24) is 4.90 Å². The highest BCUT2D eigenvalue weighted by molar-refractivity contribution is 5.35. The molecule has 1 N–H and O–H groups in total. The van der Waals surface area contributed by atoms with Crippen LogP contribution in [0.5, 0.6) is 0 Å². The summed E-state index contributed by atoms with van der Waals surface area (Å²) < 4.78 is 0. The topological polar surface area (TPSA) is 23.5 Å². The molecule has 0 aliphatic carbocycles. The monoisotopic (exact) mass is 243 g/mol. The molecule has 1 saturated heterocycles. The lowest BCUT2D eigenvalue weighted by Crippen LogP contribution is -2.34. The van der Waals surface area contributed by atoms with Crippen molar-refractivity contribution in [2.75, 3.05) is 26.2 Å². The Labute approximate surface area is 110 Å². The highest BCUT2D eigenvalue weighted by Gasteiger charge is 2.17. The molecule has 1 aromatic carbocycles. The largest absolute Gasteiger partial charge is 0.396 e. The molecule has 1 aromatic rings. The Hall–Kier alpha value is -1.30. The van der Waals surface area contributed by atoms with Crippen molar-refractivity contribution in [2.24, 2.45) is 5.92 Å². The Morgan fingerprint density at radius 2 is 1.89 bits per heavy atom. The fourth-order valence-corrected chi connectivity index (χ4v) is 2.22. The van der Waals surface area contributed by atoms with E-state index in [9.17, 15) is 0 Å². The Kier molecular flexibility index (Phi) is 4.81. The van der Waals surface area contributed by atoms with Crippen molar-refractivity contribution >= 4 is 0 Å². The minimum absolute atomic E-state index is 0.336. The van der Waals surface area contributed by atoms with Crippen LogP contribution in [0.3, 0.4) is 0 Å². The first-order valence-electron chi connectivity index (χ1n) is 6.66. The van der Waals surface area contributed by atoms with Gasteiger partial charge in [0, 0.05) is 12.2 Å². The van der Waals surface area contributed by atoms with Crippen molar-refractivity contribution in [3.8, 4) is 11.8 Å². The molecule has 1 aliphatic rings. The number of hydrogen-bond donors (Lipinski definition) is 1. The molecule has 1 aliphatic heterocycles. The summed E-state index contributed by atoms with van der Waals surface area (Å²) in [6, 6.07) is 8.33. The van der Waals surface area contributed by atoms with Crippen LogP contribution in [0.1, 0.15) is 24.0 Å². The molecule has 2 heteroatoms. The number of hydrogen-bond acceptors (Lipinski definition) is 2. The van der Waals surface area contributed by atoms with E-state index in [1.54, 1.807) is 0 Å². The van der Waals surface area contributed by atoms with Crippen LogP contribution in [0, 0.1) is 24.7 Å². The van der Waals surface area contributed by atoms with Gasteiger partial charge in [0.05, 0.1) is 6.54 Å².